The molecule has 3 aromatic rings. The summed E-state index contributed by atoms with van der Waals surface area (Å²) in [6, 6.07) is 9.96. The van der Waals surface area contributed by atoms with Gasteiger partial charge in [-0.3, -0.25) is 0 Å². The van der Waals surface area contributed by atoms with Crippen molar-refractivity contribution in [2.45, 2.75) is 0 Å². The van der Waals surface area contributed by atoms with Crippen molar-refractivity contribution < 1.29 is 9.50 Å². The van der Waals surface area contributed by atoms with E-state index in [0.29, 0.717) is 5.56 Å². The molecular formula is C13H9FN2O. The van der Waals surface area contributed by atoms with E-state index in [1.165, 1.54) is 12.1 Å². The van der Waals surface area contributed by atoms with E-state index in [4.69, 9.17) is 5.11 Å². The molecule has 0 saturated heterocycles. The van der Waals surface area contributed by atoms with Crippen LogP contribution in [0, 0.1) is 5.82 Å². The lowest BCUT2D eigenvalue weighted by Gasteiger charge is -1.99. The lowest BCUT2D eigenvalue weighted by Crippen LogP contribution is -1.81. The van der Waals surface area contributed by atoms with E-state index < -0.39 is 5.82 Å². The van der Waals surface area contributed by atoms with Crippen molar-refractivity contribution in [3.8, 4) is 17.0 Å². The van der Waals surface area contributed by atoms with Crippen LogP contribution in [0.3, 0.4) is 0 Å². The Morgan fingerprint density at radius 2 is 2.06 bits per heavy atom. The number of pyridine rings is 1. The molecule has 0 amide bonds. The van der Waals surface area contributed by atoms with Crippen LogP contribution >= 0.6 is 0 Å². The number of aromatic hydroxyl groups is 1. The number of hydrogen-bond acceptors (Lipinski definition) is 2. The molecule has 0 bridgehead atoms. The zero-order valence-corrected chi connectivity index (χ0v) is 8.81. The smallest absolute Gasteiger partial charge is 0.165 e. The second kappa shape index (κ2) is 3.59. The molecule has 0 aliphatic rings. The Morgan fingerprint density at radius 1 is 1.18 bits per heavy atom. The highest BCUT2D eigenvalue weighted by Gasteiger charge is 2.06. The molecule has 0 radical (unpaired) electrons. The maximum Gasteiger partial charge on any atom is 0.165 e. The van der Waals surface area contributed by atoms with Crippen LogP contribution in [0.4, 0.5) is 4.39 Å². The first-order valence-corrected chi connectivity index (χ1v) is 5.17. The number of rotatable bonds is 1. The number of nitrogens with zero attached hydrogens (tertiary/aromatic N) is 1. The summed E-state index contributed by atoms with van der Waals surface area (Å²) in [6.07, 6.45) is 1.69. The number of aromatic amines is 1. The van der Waals surface area contributed by atoms with Crippen molar-refractivity contribution in [3.63, 3.8) is 0 Å². The first-order chi connectivity index (χ1) is 8.24. The number of aromatic nitrogens is 2. The summed E-state index contributed by atoms with van der Waals surface area (Å²) >= 11 is 0. The van der Waals surface area contributed by atoms with Crippen LogP contribution in [0.5, 0.6) is 5.75 Å². The first kappa shape index (κ1) is 9.84. The zero-order valence-electron chi connectivity index (χ0n) is 8.81. The average molecular weight is 228 g/mol. The van der Waals surface area contributed by atoms with Crippen LogP contribution in [0.1, 0.15) is 0 Å². The van der Waals surface area contributed by atoms with E-state index >= 15 is 0 Å². The van der Waals surface area contributed by atoms with Crippen LogP contribution in [-0.4, -0.2) is 15.1 Å². The van der Waals surface area contributed by atoms with Gasteiger partial charge in [-0.25, -0.2) is 9.37 Å². The van der Waals surface area contributed by atoms with Crippen molar-refractivity contribution in [2.24, 2.45) is 0 Å². The van der Waals surface area contributed by atoms with Gasteiger partial charge in [0.15, 0.2) is 11.6 Å². The summed E-state index contributed by atoms with van der Waals surface area (Å²) in [4.78, 5) is 7.27. The van der Waals surface area contributed by atoms with Gasteiger partial charge in [0.1, 0.15) is 5.65 Å². The third-order valence-corrected chi connectivity index (χ3v) is 2.65. The number of phenols is 1. The third kappa shape index (κ3) is 1.63. The number of hydrogen-bond donors (Lipinski definition) is 2. The van der Waals surface area contributed by atoms with Gasteiger partial charge in [-0.1, -0.05) is 0 Å². The van der Waals surface area contributed by atoms with Gasteiger partial charge >= 0.3 is 0 Å². The number of phenolic OH excluding ortho intramolecular Hbond substituents is 1. The fourth-order valence-electron chi connectivity index (χ4n) is 1.79. The molecule has 3 nitrogen and oxygen atoms in total. The number of nitrogens with one attached hydrogen (secondary N) is 1. The number of benzene rings is 1. The first-order valence-electron chi connectivity index (χ1n) is 5.17. The SMILES string of the molecule is Oc1ccc(-c2cc3cccnc3[nH]2)cc1F. The summed E-state index contributed by atoms with van der Waals surface area (Å²) < 4.78 is 13.2. The summed E-state index contributed by atoms with van der Waals surface area (Å²) in [5.41, 5.74) is 2.21. The van der Waals surface area contributed by atoms with Gasteiger partial charge in [0.25, 0.3) is 0 Å². The van der Waals surface area contributed by atoms with Gasteiger partial charge < -0.3 is 10.1 Å². The molecule has 84 valence electrons. The maximum absolute atomic E-state index is 13.2. The molecule has 0 unspecified atom stereocenters. The summed E-state index contributed by atoms with van der Waals surface area (Å²) in [5.74, 6) is -0.975. The molecule has 0 saturated carbocycles. The van der Waals surface area contributed by atoms with E-state index in [2.05, 4.69) is 9.97 Å². The molecule has 1 aromatic carbocycles. The lowest BCUT2D eigenvalue weighted by atomic mass is 10.1. The van der Waals surface area contributed by atoms with Gasteiger partial charge in [-0.2, -0.15) is 0 Å². The predicted molar refractivity (Wildman–Crippen MR) is 63.2 cm³/mol. The Bertz CT molecular complexity index is 658. The van der Waals surface area contributed by atoms with Gasteiger partial charge in [-0.05, 0) is 36.4 Å². The van der Waals surface area contributed by atoms with E-state index in [1.54, 1.807) is 12.3 Å². The molecule has 2 N–H and O–H groups in total. The molecule has 0 aliphatic carbocycles. The fraction of sp³-hybridized carbons (Fsp3) is 0. The average Bonchev–Trinajstić information content (AvgIpc) is 2.76. The van der Waals surface area contributed by atoms with Gasteiger partial charge in [0, 0.05) is 22.8 Å². The lowest BCUT2D eigenvalue weighted by molar-refractivity contribution is 0.432. The minimum atomic E-state index is -0.630. The second-order valence-corrected chi connectivity index (χ2v) is 3.79. The predicted octanol–water partition coefficient (Wildman–Crippen LogP) is 3.07. The van der Waals surface area contributed by atoms with Crippen molar-refractivity contribution in [1.82, 2.24) is 9.97 Å². The standard InChI is InChI=1S/C13H9FN2O/c14-10-6-8(3-4-12(10)17)11-7-9-2-1-5-15-13(9)16-11/h1-7,17H,(H,15,16). The number of halogens is 1. The summed E-state index contributed by atoms with van der Waals surface area (Å²) in [7, 11) is 0. The van der Waals surface area contributed by atoms with Crippen molar-refractivity contribution >= 4 is 11.0 Å². The fourth-order valence-corrected chi connectivity index (χ4v) is 1.79. The number of H-pyrrole nitrogens is 1. The Balaban J connectivity index is 2.17. The van der Waals surface area contributed by atoms with E-state index in [0.717, 1.165) is 16.7 Å². The molecule has 3 rings (SSSR count). The Hall–Kier alpha value is -2.36. The summed E-state index contributed by atoms with van der Waals surface area (Å²) in [6.45, 7) is 0. The molecule has 2 aromatic heterocycles. The van der Waals surface area contributed by atoms with E-state index in [9.17, 15) is 4.39 Å². The molecular weight excluding hydrogens is 219 g/mol. The highest BCUT2D eigenvalue weighted by molar-refractivity contribution is 5.82. The Labute approximate surface area is 96.6 Å². The van der Waals surface area contributed by atoms with Crippen LogP contribution in [0.15, 0.2) is 42.6 Å². The largest absolute Gasteiger partial charge is 0.505 e. The van der Waals surface area contributed by atoms with E-state index in [1.807, 2.05) is 18.2 Å². The summed E-state index contributed by atoms with van der Waals surface area (Å²) in [5, 5.41) is 10.1. The highest BCUT2D eigenvalue weighted by Crippen LogP contribution is 2.26. The Kier molecular flexibility index (Phi) is 2.08. The van der Waals surface area contributed by atoms with Gasteiger partial charge in [0.05, 0.1) is 0 Å². The monoisotopic (exact) mass is 228 g/mol. The molecule has 0 atom stereocenters. The zero-order chi connectivity index (χ0) is 11.8. The topological polar surface area (TPSA) is 48.9 Å². The van der Waals surface area contributed by atoms with E-state index in [-0.39, 0.29) is 5.75 Å². The molecule has 0 spiro atoms. The molecule has 17 heavy (non-hydrogen) atoms. The molecule has 4 heteroatoms. The molecule has 0 aliphatic heterocycles. The van der Waals surface area contributed by atoms with Crippen molar-refractivity contribution in [1.29, 1.82) is 0 Å². The van der Waals surface area contributed by atoms with Crippen LogP contribution in [-0.2, 0) is 0 Å². The minimum Gasteiger partial charge on any atom is -0.505 e. The van der Waals surface area contributed by atoms with Crippen LogP contribution in [0.25, 0.3) is 22.3 Å². The van der Waals surface area contributed by atoms with Gasteiger partial charge in [0.2, 0.25) is 0 Å². The normalized spacial score (nSPS) is 10.9. The second-order valence-electron chi connectivity index (χ2n) is 3.79. The highest BCUT2D eigenvalue weighted by atomic mass is 19.1. The maximum atomic E-state index is 13.2. The Morgan fingerprint density at radius 3 is 2.82 bits per heavy atom. The third-order valence-electron chi connectivity index (χ3n) is 2.65. The van der Waals surface area contributed by atoms with Crippen molar-refractivity contribution in [2.75, 3.05) is 0 Å². The van der Waals surface area contributed by atoms with Crippen LogP contribution < -0.4 is 0 Å². The minimum absolute atomic E-state index is 0.344. The molecule has 2 heterocycles. The molecule has 0 fully saturated rings. The van der Waals surface area contributed by atoms with Crippen LogP contribution in [0.2, 0.25) is 0 Å². The van der Waals surface area contributed by atoms with Crippen molar-refractivity contribution in [3.05, 3.63) is 48.4 Å². The quantitative estimate of drug-likeness (QED) is 0.672. The van der Waals surface area contributed by atoms with Gasteiger partial charge in [-0.15, -0.1) is 0 Å². The number of fused-ring (bicyclic) bond motifs is 1.